The predicted octanol–water partition coefficient (Wildman–Crippen LogP) is 0.833. The summed E-state index contributed by atoms with van der Waals surface area (Å²) in [5.41, 5.74) is 0. The van der Waals surface area contributed by atoms with Gasteiger partial charge in [0.1, 0.15) is 0 Å². The lowest BCUT2D eigenvalue weighted by Gasteiger charge is -2.29. The molecule has 2 saturated heterocycles. The highest BCUT2D eigenvalue weighted by Gasteiger charge is 2.28. The van der Waals surface area contributed by atoms with Gasteiger partial charge in [-0.25, -0.2) is 0 Å². The molecule has 104 valence electrons. The van der Waals surface area contributed by atoms with Gasteiger partial charge in [0.15, 0.2) is 0 Å². The Morgan fingerprint density at radius 3 is 2.94 bits per heavy atom. The number of nitrogens with one attached hydrogen (secondary N) is 2. The molecule has 18 heavy (non-hydrogen) atoms. The fraction of sp³-hybridized carbons (Fsp3) is 0.929. The molecule has 2 heterocycles. The Balaban J connectivity index is 1.71. The van der Waals surface area contributed by atoms with Crippen molar-refractivity contribution in [2.45, 2.75) is 39.2 Å². The first kappa shape index (κ1) is 13.8. The van der Waals surface area contributed by atoms with E-state index in [0.29, 0.717) is 12.0 Å². The third-order valence-electron chi connectivity index (χ3n) is 4.48. The zero-order valence-electron chi connectivity index (χ0n) is 11.7. The quantitative estimate of drug-likeness (QED) is 0.780. The molecule has 2 N–H and O–H groups in total. The van der Waals surface area contributed by atoms with Crippen LogP contribution in [0.1, 0.15) is 33.1 Å². The summed E-state index contributed by atoms with van der Waals surface area (Å²) in [4.78, 5) is 14.6. The van der Waals surface area contributed by atoms with Gasteiger partial charge in [-0.15, -0.1) is 0 Å². The largest absolute Gasteiger partial charge is 0.355 e. The maximum atomic E-state index is 12.2. The van der Waals surface area contributed by atoms with Crippen molar-refractivity contribution >= 4 is 5.91 Å². The molecule has 2 rings (SSSR count). The van der Waals surface area contributed by atoms with Crippen LogP contribution in [-0.2, 0) is 4.79 Å². The number of amides is 1. The number of piperidine rings is 1. The molecule has 4 heteroatoms. The van der Waals surface area contributed by atoms with Crippen LogP contribution >= 0.6 is 0 Å². The molecule has 0 saturated carbocycles. The Kier molecular flexibility index (Phi) is 5.01. The highest BCUT2D eigenvalue weighted by molar-refractivity contribution is 5.79. The van der Waals surface area contributed by atoms with E-state index < -0.39 is 0 Å². The van der Waals surface area contributed by atoms with Gasteiger partial charge in [0.25, 0.3) is 0 Å². The maximum Gasteiger partial charge on any atom is 0.224 e. The SMILES string of the molecule is CCN1CCC(CNC(=O)C2CCCNC2C)C1. The van der Waals surface area contributed by atoms with Crippen molar-refractivity contribution in [2.24, 2.45) is 11.8 Å². The summed E-state index contributed by atoms with van der Waals surface area (Å²) in [5.74, 6) is 1.08. The molecule has 2 fully saturated rings. The van der Waals surface area contributed by atoms with Crippen molar-refractivity contribution < 1.29 is 4.79 Å². The fourth-order valence-electron chi connectivity index (χ4n) is 3.14. The monoisotopic (exact) mass is 253 g/mol. The van der Waals surface area contributed by atoms with Crippen molar-refractivity contribution in [1.82, 2.24) is 15.5 Å². The summed E-state index contributed by atoms with van der Waals surface area (Å²) >= 11 is 0. The number of hydrogen-bond donors (Lipinski definition) is 2. The second kappa shape index (κ2) is 6.53. The molecule has 3 atom stereocenters. The zero-order valence-corrected chi connectivity index (χ0v) is 11.7. The minimum atomic E-state index is 0.169. The van der Waals surface area contributed by atoms with Crippen LogP contribution in [-0.4, -0.2) is 49.6 Å². The summed E-state index contributed by atoms with van der Waals surface area (Å²) in [6.45, 7) is 9.72. The predicted molar refractivity (Wildman–Crippen MR) is 73.4 cm³/mol. The van der Waals surface area contributed by atoms with Crippen LogP contribution in [0.15, 0.2) is 0 Å². The Labute approximate surface area is 110 Å². The van der Waals surface area contributed by atoms with Gasteiger partial charge in [0, 0.05) is 19.1 Å². The average molecular weight is 253 g/mol. The van der Waals surface area contributed by atoms with Gasteiger partial charge in [0.2, 0.25) is 5.91 Å². The minimum Gasteiger partial charge on any atom is -0.355 e. The first-order valence-corrected chi connectivity index (χ1v) is 7.44. The molecule has 4 nitrogen and oxygen atoms in total. The van der Waals surface area contributed by atoms with Crippen LogP contribution < -0.4 is 10.6 Å². The van der Waals surface area contributed by atoms with Crippen molar-refractivity contribution in [2.75, 3.05) is 32.7 Å². The first-order valence-electron chi connectivity index (χ1n) is 7.44. The molecule has 0 aromatic rings. The fourth-order valence-corrected chi connectivity index (χ4v) is 3.14. The Morgan fingerprint density at radius 1 is 1.44 bits per heavy atom. The van der Waals surface area contributed by atoms with Gasteiger partial charge in [-0.1, -0.05) is 6.92 Å². The summed E-state index contributed by atoms with van der Waals surface area (Å²) in [7, 11) is 0. The second-order valence-corrected chi connectivity index (χ2v) is 5.78. The van der Waals surface area contributed by atoms with E-state index >= 15 is 0 Å². The molecule has 0 radical (unpaired) electrons. The number of carbonyl (C=O) groups is 1. The van der Waals surface area contributed by atoms with E-state index in [1.54, 1.807) is 0 Å². The van der Waals surface area contributed by atoms with E-state index in [2.05, 4.69) is 29.4 Å². The smallest absolute Gasteiger partial charge is 0.224 e. The Bertz CT molecular complexity index is 282. The van der Waals surface area contributed by atoms with Crippen LogP contribution in [0.2, 0.25) is 0 Å². The van der Waals surface area contributed by atoms with Gasteiger partial charge in [-0.3, -0.25) is 4.79 Å². The Morgan fingerprint density at radius 2 is 2.28 bits per heavy atom. The van der Waals surface area contributed by atoms with Gasteiger partial charge in [0.05, 0.1) is 5.92 Å². The summed E-state index contributed by atoms with van der Waals surface area (Å²) in [6.07, 6.45) is 3.38. The van der Waals surface area contributed by atoms with Gasteiger partial charge in [-0.2, -0.15) is 0 Å². The van der Waals surface area contributed by atoms with Crippen molar-refractivity contribution in [3.8, 4) is 0 Å². The van der Waals surface area contributed by atoms with Crippen LogP contribution in [0.4, 0.5) is 0 Å². The molecular weight excluding hydrogens is 226 g/mol. The van der Waals surface area contributed by atoms with Crippen molar-refractivity contribution in [1.29, 1.82) is 0 Å². The van der Waals surface area contributed by atoms with E-state index in [0.717, 1.165) is 39.0 Å². The third kappa shape index (κ3) is 3.45. The topological polar surface area (TPSA) is 44.4 Å². The molecule has 3 unspecified atom stereocenters. The summed E-state index contributed by atoms with van der Waals surface area (Å²) < 4.78 is 0. The third-order valence-corrected chi connectivity index (χ3v) is 4.48. The maximum absolute atomic E-state index is 12.2. The highest BCUT2D eigenvalue weighted by Crippen LogP contribution is 2.18. The van der Waals surface area contributed by atoms with Crippen LogP contribution in [0.25, 0.3) is 0 Å². The zero-order chi connectivity index (χ0) is 13.0. The van der Waals surface area contributed by atoms with E-state index in [9.17, 15) is 4.79 Å². The first-order chi connectivity index (χ1) is 8.70. The molecule has 2 aliphatic rings. The van der Waals surface area contributed by atoms with E-state index in [4.69, 9.17) is 0 Å². The minimum absolute atomic E-state index is 0.169. The molecule has 0 aromatic heterocycles. The normalized spacial score (nSPS) is 33.6. The van der Waals surface area contributed by atoms with E-state index in [1.165, 1.54) is 13.0 Å². The number of hydrogen-bond acceptors (Lipinski definition) is 3. The lowest BCUT2D eigenvalue weighted by molar-refractivity contribution is -0.126. The van der Waals surface area contributed by atoms with Gasteiger partial charge < -0.3 is 15.5 Å². The van der Waals surface area contributed by atoms with Crippen LogP contribution in [0.3, 0.4) is 0 Å². The standard InChI is InChI=1S/C14H27N3O/c1-3-17-8-6-12(10-17)9-16-14(18)13-5-4-7-15-11(13)2/h11-13,15H,3-10H2,1-2H3,(H,16,18). The van der Waals surface area contributed by atoms with Crippen LogP contribution in [0.5, 0.6) is 0 Å². The van der Waals surface area contributed by atoms with Gasteiger partial charge >= 0.3 is 0 Å². The lowest BCUT2D eigenvalue weighted by Crippen LogP contribution is -2.47. The van der Waals surface area contributed by atoms with Crippen LogP contribution in [0, 0.1) is 11.8 Å². The number of likely N-dealkylation sites (tertiary alicyclic amines) is 1. The average Bonchev–Trinajstić information content (AvgIpc) is 2.84. The molecular formula is C14H27N3O. The molecule has 0 aromatic carbocycles. The molecule has 0 spiro atoms. The van der Waals surface area contributed by atoms with Crippen molar-refractivity contribution in [3.63, 3.8) is 0 Å². The number of carbonyl (C=O) groups excluding carboxylic acids is 1. The Hall–Kier alpha value is -0.610. The second-order valence-electron chi connectivity index (χ2n) is 5.78. The van der Waals surface area contributed by atoms with E-state index in [-0.39, 0.29) is 11.8 Å². The lowest BCUT2D eigenvalue weighted by atomic mass is 9.91. The summed E-state index contributed by atoms with van der Waals surface area (Å²) in [5, 5.41) is 6.55. The van der Waals surface area contributed by atoms with Gasteiger partial charge in [-0.05, 0) is 51.7 Å². The van der Waals surface area contributed by atoms with E-state index in [1.807, 2.05) is 0 Å². The molecule has 2 aliphatic heterocycles. The van der Waals surface area contributed by atoms with Crippen molar-refractivity contribution in [3.05, 3.63) is 0 Å². The number of rotatable bonds is 4. The number of nitrogens with zero attached hydrogens (tertiary/aromatic N) is 1. The molecule has 0 bridgehead atoms. The molecule has 0 aliphatic carbocycles. The molecule has 1 amide bonds. The highest BCUT2D eigenvalue weighted by atomic mass is 16.1. The summed E-state index contributed by atoms with van der Waals surface area (Å²) in [6, 6.07) is 0.328.